The molecule has 0 aliphatic heterocycles. The van der Waals surface area contributed by atoms with Gasteiger partial charge >= 0.3 is 11.9 Å². The molecule has 4 aromatic rings. The van der Waals surface area contributed by atoms with Crippen LogP contribution < -0.4 is 10.9 Å². The quantitative estimate of drug-likeness (QED) is 0.243. The smallest absolute Gasteiger partial charge is 0.414 e. The Balaban J connectivity index is 0.000000481. The number of H-pyrrole nitrogens is 1. The average molecular weight is 484 g/mol. The first-order valence-electron chi connectivity index (χ1n) is 10.3. The molecule has 2 aromatic carbocycles. The molecule has 0 aliphatic carbocycles. The van der Waals surface area contributed by atoms with E-state index >= 15 is 0 Å². The van der Waals surface area contributed by atoms with E-state index in [1.807, 2.05) is 37.3 Å². The molecule has 2 heterocycles. The fourth-order valence-corrected chi connectivity index (χ4v) is 4.35. The monoisotopic (exact) mass is 483 g/mol. The highest BCUT2D eigenvalue weighted by Gasteiger charge is 2.16. The maximum absolute atomic E-state index is 12.9. The van der Waals surface area contributed by atoms with Crippen molar-refractivity contribution < 1.29 is 24.2 Å². The van der Waals surface area contributed by atoms with Gasteiger partial charge in [0.05, 0.1) is 11.9 Å². The first kappa shape index (κ1) is 24.7. The van der Waals surface area contributed by atoms with E-state index in [1.165, 1.54) is 12.1 Å². The largest absolute Gasteiger partial charge is 0.473 e. The standard InChI is InChI=1S/C22H20FN3OS.C2H2O4/c1-14-19(16-5-3-2-4-6-16)20-21(27)25-18(26-22(20)28-14)13-24-12-11-15-7-9-17(23)10-8-15;3-1(4)2(5)6/h2-10,24H,11-13H2,1H3,(H,25,26,27);(H,3,4)(H,5,6). The van der Waals surface area contributed by atoms with Gasteiger partial charge in [-0.1, -0.05) is 42.5 Å². The number of carboxylic acids is 2. The van der Waals surface area contributed by atoms with E-state index in [2.05, 4.69) is 15.3 Å². The Morgan fingerprint density at radius 1 is 1.06 bits per heavy atom. The maximum Gasteiger partial charge on any atom is 0.414 e. The highest BCUT2D eigenvalue weighted by atomic mass is 32.1. The molecule has 0 aliphatic rings. The van der Waals surface area contributed by atoms with E-state index in [4.69, 9.17) is 19.8 Å². The summed E-state index contributed by atoms with van der Waals surface area (Å²) in [5, 5.41) is 18.7. The molecule has 0 bridgehead atoms. The molecule has 0 saturated carbocycles. The van der Waals surface area contributed by atoms with Crippen molar-refractivity contribution in [2.45, 2.75) is 19.9 Å². The third-order valence-electron chi connectivity index (χ3n) is 4.83. The van der Waals surface area contributed by atoms with Crippen LogP contribution in [0.2, 0.25) is 0 Å². The molecule has 0 spiro atoms. The molecule has 0 saturated heterocycles. The van der Waals surface area contributed by atoms with E-state index in [-0.39, 0.29) is 11.4 Å². The summed E-state index contributed by atoms with van der Waals surface area (Å²) in [6.45, 7) is 3.21. The second-order valence-corrected chi connectivity index (χ2v) is 8.46. The summed E-state index contributed by atoms with van der Waals surface area (Å²) in [7, 11) is 0. The minimum Gasteiger partial charge on any atom is -0.473 e. The maximum atomic E-state index is 12.9. The van der Waals surface area contributed by atoms with Gasteiger partial charge in [0.2, 0.25) is 0 Å². The summed E-state index contributed by atoms with van der Waals surface area (Å²) >= 11 is 1.54. The number of aromatic amines is 1. The zero-order valence-corrected chi connectivity index (χ0v) is 19.0. The molecule has 0 unspecified atom stereocenters. The van der Waals surface area contributed by atoms with Crippen LogP contribution in [0.15, 0.2) is 59.4 Å². The molecule has 4 rings (SSSR count). The molecular weight excluding hydrogens is 461 g/mol. The van der Waals surface area contributed by atoms with E-state index in [0.717, 1.165) is 32.8 Å². The van der Waals surface area contributed by atoms with Crippen LogP contribution in [0.25, 0.3) is 21.3 Å². The fourth-order valence-electron chi connectivity index (χ4n) is 3.29. The minimum absolute atomic E-state index is 0.108. The summed E-state index contributed by atoms with van der Waals surface area (Å²) in [6.07, 6.45) is 0.781. The van der Waals surface area contributed by atoms with E-state index in [0.29, 0.717) is 24.3 Å². The van der Waals surface area contributed by atoms with Crippen molar-refractivity contribution in [3.05, 3.63) is 87.0 Å². The lowest BCUT2D eigenvalue weighted by Crippen LogP contribution is -2.21. The van der Waals surface area contributed by atoms with Gasteiger partial charge in [0.25, 0.3) is 5.56 Å². The summed E-state index contributed by atoms with van der Waals surface area (Å²) in [4.78, 5) is 40.3. The van der Waals surface area contributed by atoms with Crippen molar-refractivity contribution in [2.75, 3.05) is 6.54 Å². The van der Waals surface area contributed by atoms with Crippen LogP contribution in [0.4, 0.5) is 4.39 Å². The van der Waals surface area contributed by atoms with Crippen LogP contribution in [0.3, 0.4) is 0 Å². The fraction of sp³-hybridized carbons (Fsp3) is 0.167. The van der Waals surface area contributed by atoms with E-state index < -0.39 is 11.9 Å². The number of halogens is 1. The first-order valence-corrected chi connectivity index (χ1v) is 11.1. The Hall–Kier alpha value is -3.89. The van der Waals surface area contributed by atoms with Crippen molar-refractivity contribution in [1.29, 1.82) is 0 Å². The summed E-state index contributed by atoms with van der Waals surface area (Å²) in [5.41, 5.74) is 2.95. The summed E-state index contributed by atoms with van der Waals surface area (Å²) in [6, 6.07) is 16.4. The number of fused-ring (bicyclic) bond motifs is 1. The van der Waals surface area contributed by atoms with Crippen molar-refractivity contribution in [3.8, 4) is 11.1 Å². The van der Waals surface area contributed by atoms with Crippen molar-refractivity contribution in [1.82, 2.24) is 15.3 Å². The topological polar surface area (TPSA) is 132 Å². The van der Waals surface area contributed by atoms with Gasteiger partial charge < -0.3 is 20.5 Å². The Morgan fingerprint density at radius 2 is 1.71 bits per heavy atom. The minimum atomic E-state index is -1.82. The molecule has 0 atom stereocenters. The Bertz CT molecular complexity index is 1340. The number of nitrogens with one attached hydrogen (secondary N) is 2. The van der Waals surface area contributed by atoms with Gasteiger partial charge in [0, 0.05) is 10.4 Å². The highest BCUT2D eigenvalue weighted by molar-refractivity contribution is 7.19. The molecule has 10 heteroatoms. The number of carboxylic acid groups (broad SMARTS) is 2. The first-order chi connectivity index (χ1) is 16.3. The van der Waals surface area contributed by atoms with E-state index in [9.17, 15) is 9.18 Å². The molecule has 34 heavy (non-hydrogen) atoms. The number of hydrogen-bond donors (Lipinski definition) is 4. The SMILES string of the molecule is Cc1sc2nc(CNCCc3ccc(F)cc3)[nH]c(=O)c2c1-c1ccccc1.O=C(O)C(=O)O. The number of rotatable bonds is 6. The number of aromatic nitrogens is 2. The van der Waals surface area contributed by atoms with Gasteiger partial charge in [-0.15, -0.1) is 11.3 Å². The Labute approximate surface area is 197 Å². The molecular formula is C24H22FN3O5S. The third kappa shape index (κ3) is 6.33. The highest BCUT2D eigenvalue weighted by Crippen LogP contribution is 2.35. The zero-order chi connectivity index (χ0) is 24.7. The third-order valence-corrected chi connectivity index (χ3v) is 5.83. The number of thiophene rings is 1. The zero-order valence-electron chi connectivity index (χ0n) is 18.2. The van der Waals surface area contributed by atoms with Crippen LogP contribution >= 0.6 is 11.3 Å². The molecule has 4 N–H and O–H groups in total. The Morgan fingerprint density at radius 3 is 2.32 bits per heavy atom. The molecule has 176 valence electrons. The number of carbonyl (C=O) groups is 2. The van der Waals surface area contributed by atoms with Gasteiger partial charge in [-0.3, -0.25) is 4.79 Å². The molecule has 0 amide bonds. The number of nitrogens with zero attached hydrogens (tertiary/aromatic N) is 1. The summed E-state index contributed by atoms with van der Waals surface area (Å²) in [5.74, 6) is -3.25. The second-order valence-electron chi connectivity index (χ2n) is 7.26. The van der Waals surface area contributed by atoms with Crippen molar-refractivity contribution >= 4 is 33.5 Å². The average Bonchev–Trinajstić information content (AvgIpc) is 3.15. The number of benzene rings is 2. The van der Waals surface area contributed by atoms with Crippen LogP contribution in [0.5, 0.6) is 0 Å². The second kappa shape index (κ2) is 11.3. The van der Waals surface area contributed by atoms with Crippen LogP contribution in [-0.2, 0) is 22.6 Å². The number of aliphatic carboxylic acids is 2. The molecule has 8 nitrogen and oxygen atoms in total. The van der Waals surface area contributed by atoms with Crippen molar-refractivity contribution in [2.24, 2.45) is 0 Å². The lowest BCUT2D eigenvalue weighted by Gasteiger charge is -2.05. The number of hydrogen-bond acceptors (Lipinski definition) is 6. The van der Waals surface area contributed by atoms with Gasteiger partial charge in [-0.05, 0) is 43.1 Å². The van der Waals surface area contributed by atoms with Gasteiger partial charge in [-0.2, -0.15) is 0 Å². The number of aryl methyl sites for hydroxylation is 1. The molecule has 0 radical (unpaired) electrons. The van der Waals surface area contributed by atoms with Crippen molar-refractivity contribution in [3.63, 3.8) is 0 Å². The lowest BCUT2D eigenvalue weighted by atomic mass is 10.0. The lowest BCUT2D eigenvalue weighted by molar-refractivity contribution is -0.159. The molecule has 2 aromatic heterocycles. The van der Waals surface area contributed by atoms with Gasteiger partial charge in [0.1, 0.15) is 16.5 Å². The predicted molar refractivity (Wildman–Crippen MR) is 127 cm³/mol. The van der Waals surface area contributed by atoms with Crippen LogP contribution in [0, 0.1) is 12.7 Å². The predicted octanol–water partition coefficient (Wildman–Crippen LogP) is 3.59. The van der Waals surface area contributed by atoms with Crippen LogP contribution in [-0.4, -0.2) is 38.7 Å². The molecule has 0 fully saturated rings. The van der Waals surface area contributed by atoms with Gasteiger partial charge in [-0.25, -0.2) is 19.0 Å². The van der Waals surface area contributed by atoms with Gasteiger partial charge in [0.15, 0.2) is 0 Å². The summed E-state index contributed by atoms with van der Waals surface area (Å²) < 4.78 is 12.9. The van der Waals surface area contributed by atoms with Crippen LogP contribution in [0.1, 0.15) is 16.3 Å². The normalized spacial score (nSPS) is 10.5. The Kier molecular flexibility index (Phi) is 8.23. The van der Waals surface area contributed by atoms with E-state index in [1.54, 1.807) is 23.5 Å².